The van der Waals surface area contributed by atoms with Gasteiger partial charge in [-0.05, 0) is 12.8 Å². The minimum absolute atomic E-state index is 0.134. The number of carbonyl (C=O) groups is 1. The van der Waals surface area contributed by atoms with Crippen LogP contribution in [-0.2, 0) is 9.53 Å². The van der Waals surface area contributed by atoms with Gasteiger partial charge in [-0.1, -0.05) is 0 Å². The maximum Gasteiger partial charge on any atom is 0.241 e. The van der Waals surface area contributed by atoms with Gasteiger partial charge in [-0.3, -0.25) is 4.79 Å². The summed E-state index contributed by atoms with van der Waals surface area (Å²) in [5.41, 5.74) is 5.61. The molecule has 1 amide bonds. The zero-order valence-electron chi connectivity index (χ0n) is 8.48. The molecule has 1 heterocycles. The fourth-order valence-electron chi connectivity index (χ4n) is 1.64. The molecule has 0 bridgehead atoms. The number of likely N-dealkylation sites (tertiary alicyclic amines) is 1. The number of hydrogen-bond donors (Lipinski definition) is 2. The first-order valence-electron chi connectivity index (χ1n) is 4.86. The maximum atomic E-state index is 11.6. The highest BCUT2D eigenvalue weighted by Crippen LogP contribution is 2.10. The molecule has 1 rings (SSSR count). The second kappa shape index (κ2) is 5.29. The third kappa shape index (κ3) is 2.94. The Hall–Kier alpha value is -0.650. The van der Waals surface area contributed by atoms with Crippen molar-refractivity contribution in [2.75, 3.05) is 26.8 Å². The molecule has 5 nitrogen and oxygen atoms in total. The van der Waals surface area contributed by atoms with Gasteiger partial charge in [-0.15, -0.1) is 0 Å². The lowest BCUT2D eigenvalue weighted by Gasteiger charge is -2.31. The zero-order chi connectivity index (χ0) is 10.6. The van der Waals surface area contributed by atoms with Gasteiger partial charge in [0.15, 0.2) is 0 Å². The minimum atomic E-state index is -0.606. The number of rotatable bonds is 3. The summed E-state index contributed by atoms with van der Waals surface area (Å²) in [4.78, 5) is 13.3. The lowest BCUT2D eigenvalue weighted by atomic mass is 10.1. The van der Waals surface area contributed by atoms with Gasteiger partial charge in [0.25, 0.3) is 0 Å². The maximum absolute atomic E-state index is 11.6. The highest BCUT2D eigenvalue weighted by molar-refractivity contribution is 5.81. The Morgan fingerprint density at radius 3 is 3.07 bits per heavy atom. The van der Waals surface area contributed by atoms with E-state index in [9.17, 15) is 9.90 Å². The summed E-state index contributed by atoms with van der Waals surface area (Å²) >= 11 is 0. The average molecular weight is 202 g/mol. The topological polar surface area (TPSA) is 75.8 Å². The van der Waals surface area contributed by atoms with E-state index in [-0.39, 0.29) is 12.5 Å². The van der Waals surface area contributed by atoms with Crippen LogP contribution in [0.15, 0.2) is 0 Å². The summed E-state index contributed by atoms with van der Waals surface area (Å²) in [6, 6.07) is -0.606. The molecule has 2 atom stereocenters. The first kappa shape index (κ1) is 11.4. The van der Waals surface area contributed by atoms with E-state index in [0.717, 1.165) is 12.8 Å². The van der Waals surface area contributed by atoms with Crippen LogP contribution >= 0.6 is 0 Å². The number of nitrogens with two attached hydrogens (primary N) is 1. The number of β-amino-alcohol motifs (C(OH)–C–C–N with tert-alkyl or cyclic N) is 1. The second-order valence-electron chi connectivity index (χ2n) is 3.64. The van der Waals surface area contributed by atoms with Crippen LogP contribution < -0.4 is 5.73 Å². The summed E-state index contributed by atoms with van der Waals surface area (Å²) in [6.45, 7) is 1.31. The Kier molecular flexibility index (Phi) is 4.31. The largest absolute Gasteiger partial charge is 0.391 e. The normalized spacial score (nSPS) is 24.8. The average Bonchev–Trinajstić information content (AvgIpc) is 2.17. The van der Waals surface area contributed by atoms with Gasteiger partial charge in [0, 0.05) is 20.2 Å². The lowest BCUT2D eigenvalue weighted by molar-refractivity contribution is -0.136. The highest BCUT2D eigenvalue weighted by atomic mass is 16.5. The summed E-state index contributed by atoms with van der Waals surface area (Å²) in [6.07, 6.45) is 1.21. The van der Waals surface area contributed by atoms with Gasteiger partial charge in [0.05, 0.1) is 12.7 Å². The smallest absolute Gasteiger partial charge is 0.241 e. The number of ether oxygens (including phenoxy) is 1. The number of amides is 1. The molecule has 0 spiro atoms. The Labute approximate surface area is 83.8 Å². The lowest BCUT2D eigenvalue weighted by Crippen LogP contribution is -2.50. The van der Waals surface area contributed by atoms with Crippen molar-refractivity contribution in [2.45, 2.75) is 25.0 Å². The molecule has 1 aliphatic rings. The van der Waals surface area contributed by atoms with Gasteiger partial charge in [-0.25, -0.2) is 0 Å². The number of piperidine rings is 1. The predicted molar refractivity (Wildman–Crippen MR) is 51.7 cm³/mol. The van der Waals surface area contributed by atoms with Gasteiger partial charge >= 0.3 is 0 Å². The zero-order valence-corrected chi connectivity index (χ0v) is 8.48. The van der Waals surface area contributed by atoms with E-state index in [1.165, 1.54) is 7.11 Å². The Balaban J connectivity index is 2.42. The number of carbonyl (C=O) groups excluding carboxylic acids is 1. The second-order valence-corrected chi connectivity index (χ2v) is 3.64. The molecular weight excluding hydrogens is 184 g/mol. The van der Waals surface area contributed by atoms with E-state index in [2.05, 4.69) is 0 Å². The molecule has 82 valence electrons. The standard InChI is InChI=1S/C9H18N2O3/c1-14-6-8(10)9(13)11-4-2-3-7(12)5-11/h7-8,12H,2-6,10H2,1H3/t7-,8?/m0/s1. The fourth-order valence-corrected chi connectivity index (χ4v) is 1.64. The molecular formula is C9H18N2O3. The molecule has 3 N–H and O–H groups in total. The molecule has 0 aromatic carbocycles. The predicted octanol–water partition coefficient (Wildman–Crippen LogP) is -1.06. The molecule has 0 radical (unpaired) electrons. The molecule has 1 fully saturated rings. The molecule has 1 aliphatic heterocycles. The Bertz CT molecular complexity index is 198. The molecule has 1 saturated heterocycles. The van der Waals surface area contributed by atoms with Crippen molar-refractivity contribution in [3.8, 4) is 0 Å². The van der Waals surface area contributed by atoms with Crippen LogP contribution in [0.3, 0.4) is 0 Å². The quantitative estimate of drug-likeness (QED) is 0.612. The summed E-state index contributed by atoms with van der Waals surface area (Å²) in [7, 11) is 1.51. The van der Waals surface area contributed by atoms with Gasteiger partial charge in [0.2, 0.25) is 5.91 Å². The van der Waals surface area contributed by atoms with E-state index >= 15 is 0 Å². The van der Waals surface area contributed by atoms with Crippen LogP contribution in [0.4, 0.5) is 0 Å². The van der Waals surface area contributed by atoms with Crippen LogP contribution in [0, 0.1) is 0 Å². The third-order valence-electron chi connectivity index (χ3n) is 2.37. The van der Waals surface area contributed by atoms with E-state index in [4.69, 9.17) is 10.5 Å². The first-order valence-corrected chi connectivity index (χ1v) is 4.86. The number of aliphatic hydroxyl groups is 1. The van der Waals surface area contributed by atoms with Crippen molar-refractivity contribution in [1.82, 2.24) is 4.90 Å². The van der Waals surface area contributed by atoms with Gasteiger partial charge < -0.3 is 20.5 Å². The van der Waals surface area contributed by atoms with E-state index < -0.39 is 12.1 Å². The molecule has 0 aromatic heterocycles. The molecule has 1 unspecified atom stereocenters. The van der Waals surface area contributed by atoms with Crippen molar-refractivity contribution in [1.29, 1.82) is 0 Å². The number of methoxy groups -OCH3 is 1. The molecule has 0 aliphatic carbocycles. The van der Waals surface area contributed by atoms with Crippen LogP contribution in [0.25, 0.3) is 0 Å². The molecule has 0 saturated carbocycles. The van der Waals surface area contributed by atoms with Crippen molar-refractivity contribution in [3.63, 3.8) is 0 Å². The molecule has 5 heteroatoms. The SMILES string of the molecule is COCC(N)C(=O)N1CCC[C@H](O)C1. The summed E-state index contributed by atoms with van der Waals surface area (Å²) in [5, 5.41) is 9.37. The van der Waals surface area contributed by atoms with E-state index in [1.54, 1.807) is 4.90 Å². The van der Waals surface area contributed by atoms with Crippen LogP contribution in [0.5, 0.6) is 0 Å². The summed E-state index contributed by atoms with van der Waals surface area (Å²) in [5.74, 6) is -0.134. The van der Waals surface area contributed by atoms with Crippen molar-refractivity contribution >= 4 is 5.91 Å². The molecule has 0 aromatic rings. The minimum Gasteiger partial charge on any atom is -0.391 e. The first-order chi connectivity index (χ1) is 6.65. The monoisotopic (exact) mass is 202 g/mol. The third-order valence-corrected chi connectivity index (χ3v) is 2.37. The number of nitrogens with zero attached hydrogens (tertiary/aromatic N) is 1. The van der Waals surface area contributed by atoms with Crippen molar-refractivity contribution < 1.29 is 14.6 Å². The Morgan fingerprint density at radius 2 is 2.50 bits per heavy atom. The van der Waals surface area contributed by atoms with Crippen molar-refractivity contribution in [2.24, 2.45) is 5.73 Å². The van der Waals surface area contributed by atoms with Crippen molar-refractivity contribution in [3.05, 3.63) is 0 Å². The van der Waals surface area contributed by atoms with Gasteiger partial charge in [0.1, 0.15) is 6.04 Å². The molecule has 14 heavy (non-hydrogen) atoms. The Morgan fingerprint density at radius 1 is 1.79 bits per heavy atom. The van der Waals surface area contributed by atoms with Crippen LogP contribution in [0.2, 0.25) is 0 Å². The highest BCUT2D eigenvalue weighted by Gasteiger charge is 2.25. The number of hydrogen-bond acceptors (Lipinski definition) is 4. The van der Waals surface area contributed by atoms with E-state index in [1.807, 2.05) is 0 Å². The van der Waals surface area contributed by atoms with Crippen LogP contribution in [-0.4, -0.2) is 54.9 Å². The van der Waals surface area contributed by atoms with Crippen LogP contribution in [0.1, 0.15) is 12.8 Å². The van der Waals surface area contributed by atoms with Gasteiger partial charge in [-0.2, -0.15) is 0 Å². The summed E-state index contributed by atoms with van der Waals surface area (Å²) < 4.78 is 4.81. The fraction of sp³-hybridized carbons (Fsp3) is 0.889. The number of aliphatic hydroxyl groups excluding tert-OH is 1. The van der Waals surface area contributed by atoms with E-state index in [0.29, 0.717) is 13.1 Å².